The zero-order valence-corrected chi connectivity index (χ0v) is 7.77. The zero-order valence-electron chi connectivity index (χ0n) is 7.77. The van der Waals surface area contributed by atoms with Gasteiger partial charge >= 0.3 is 0 Å². The molecular formula is C8H19NO. The molecule has 0 N–H and O–H groups in total. The third kappa shape index (κ3) is 4.77. The predicted octanol–water partition coefficient (Wildman–Crippen LogP) is 1.22. The van der Waals surface area contributed by atoms with Crippen LogP contribution in [0.2, 0.25) is 0 Å². The topological polar surface area (TPSA) is 12.5 Å². The van der Waals surface area contributed by atoms with Crippen molar-refractivity contribution in [1.29, 1.82) is 0 Å². The molecule has 0 bridgehead atoms. The second-order valence-corrected chi connectivity index (χ2v) is 3.84. The molecule has 10 heavy (non-hydrogen) atoms. The highest BCUT2D eigenvalue weighted by Crippen LogP contribution is 2.15. The van der Waals surface area contributed by atoms with Gasteiger partial charge in [0.2, 0.25) is 0 Å². The summed E-state index contributed by atoms with van der Waals surface area (Å²) in [5, 5.41) is 0. The zero-order chi connectivity index (χ0) is 8.20. The summed E-state index contributed by atoms with van der Waals surface area (Å²) in [4.78, 5) is 2.18. The lowest BCUT2D eigenvalue weighted by molar-refractivity contribution is 0.0835. The van der Waals surface area contributed by atoms with Gasteiger partial charge in [-0.25, -0.2) is 0 Å². The number of hydrogen-bond acceptors (Lipinski definition) is 2. The molecule has 0 heterocycles. The SMILES string of the molecule is COCC(C)(C)CN(C)C. The van der Waals surface area contributed by atoms with Crippen LogP contribution in [0.25, 0.3) is 0 Å². The van der Waals surface area contributed by atoms with E-state index in [1.807, 2.05) is 0 Å². The van der Waals surface area contributed by atoms with Gasteiger partial charge in [-0.3, -0.25) is 0 Å². The Balaban J connectivity index is 3.63. The van der Waals surface area contributed by atoms with E-state index in [2.05, 4.69) is 32.8 Å². The molecule has 0 amide bonds. The summed E-state index contributed by atoms with van der Waals surface area (Å²) in [7, 11) is 5.91. The fourth-order valence-electron chi connectivity index (χ4n) is 1.29. The Morgan fingerprint density at radius 3 is 2.10 bits per heavy atom. The first-order valence-corrected chi connectivity index (χ1v) is 3.61. The minimum atomic E-state index is 0.276. The molecule has 0 aliphatic carbocycles. The van der Waals surface area contributed by atoms with Gasteiger partial charge < -0.3 is 9.64 Å². The monoisotopic (exact) mass is 145 g/mol. The van der Waals surface area contributed by atoms with Gasteiger partial charge in [-0.15, -0.1) is 0 Å². The number of nitrogens with zero attached hydrogens (tertiary/aromatic N) is 1. The van der Waals surface area contributed by atoms with E-state index >= 15 is 0 Å². The molecule has 0 fully saturated rings. The highest BCUT2D eigenvalue weighted by Gasteiger charge is 2.17. The van der Waals surface area contributed by atoms with Crippen LogP contribution in [-0.4, -0.2) is 39.3 Å². The lowest BCUT2D eigenvalue weighted by Crippen LogP contribution is -2.32. The second-order valence-electron chi connectivity index (χ2n) is 3.84. The van der Waals surface area contributed by atoms with Crippen molar-refractivity contribution in [3.05, 3.63) is 0 Å². The van der Waals surface area contributed by atoms with E-state index in [9.17, 15) is 0 Å². The van der Waals surface area contributed by atoms with Crippen LogP contribution in [0, 0.1) is 5.41 Å². The van der Waals surface area contributed by atoms with E-state index in [0.29, 0.717) is 0 Å². The molecule has 0 saturated heterocycles. The quantitative estimate of drug-likeness (QED) is 0.590. The second kappa shape index (κ2) is 3.94. The van der Waals surface area contributed by atoms with E-state index in [-0.39, 0.29) is 5.41 Å². The summed E-state index contributed by atoms with van der Waals surface area (Å²) in [6.07, 6.45) is 0. The van der Waals surface area contributed by atoms with Gasteiger partial charge in [0.1, 0.15) is 0 Å². The van der Waals surface area contributed by atoms with E-state index in [0.717, 1.165) is 13.2 Å². The number of hydrogen-bond donors (Lipinski definition) is 0. The molecule has 0 aromatic rings. The fraction of sp³-hybridized carbons (Fsp3) is 1.00. The van der Waals surface area contributed by atoms with Crippen LogP contribution in [0.3, 0.4) is 0 Å². The summed E-state index contributed by atoms with van der Waals surface area (Å²) in [6, 6.07) is 0. The Morgan fingerprint density at radius 1 is 1.30 bits per heavy atom. The van der Waals surface area contributed by atoms with Crippen LogP contribution in [0.4, 0.5) is 0 Å². The molecule has 2 heteroatoms. The molecule has 0 aliphatic heterocycles. The summed E-state index contributed by atoms with van der Waals surface area (Å²) < 4.78 is 5.08. The smallest absolute Gasteiger partial charge is 0.0525 e. The Hall–Kier alpha value is -0.0800. The maximum absolute atomic E-state index is 5.08. The van der Waals surface area contributed by atoms with E-state index in [1.54, 1.807) is 7.11 Å². The molecule has 0 unspecified atom stereocenters. The van der Waals surface area contributed by atoms with E-state index < -0.39 is 0 Å². The van der Waals surface area contributed by atoms with Gasteiger partial charge in [-0.05, 0) is 14.1 Å². The summed E-state index contributed by atoms with van der Waals surface area (Å²) in [5.74, 6) is 0. The first kappa shape index (κ1) is 9.92. The molecule has 2 nitrogen and oxygen atoms in total. The van der Waals surface area contributed by atoms with Gasteiger partial charge in [-0.2, -0.15) is 0 Å². The van der Waals surface area contributed by atoms with Gasteiger partial charge in [0.05, 0.1) is 6.61 Å². The van der Waals surface area contributed by atoms with Crippen molar-refractivity contribution in [3.8, 4) is 0 Å². The summed E-state index contributed by atoms with van der Waals surface area (Å²) >= 11 is 0. The van der Waals surface area contributed by atoms with Crippen molar-refractivity contribution < 1.29 is 4.74 Å². The third-order valence-electron chi connectivity index (χ3n) is 1.28. The van der Waals surface area contributed by atoms with E-state index in [4.69, 9.17) is 4.74 Å². The minimum Gasteiger partial charge on any atom is -0.384 e. The molecule has 0 atom stereocenters. The summed E-state index contributed by atoms with van der Waals surface area (Å²) in [6.45, 7) is 6.30. The average Bonchev–Trinajstić information content (AvgIpc) is 1.59. The first-order chi connectivity index (χ1) is 4.48. The fourth-order valence-corrected chi connectivity index (χ4v) is 1.29. The molecular weight excluding hydrogens is 126 g/mol. The number of rotatable bonds is 4. The highest BCUT2D eigenvalue weighted by molar-refractivity contribution is 4.69. The van der Waals surface area contributed by atoms with E-state index in [1.165, 1.54) is 0 Å². The third-order valence-corrected chi connectivity index (χ3v) is 1.28. The Kier molecular flexibility index (Phi) is 3.91. The van der Waals surface area contributed by atoms with Crippen LogP contribution in [0.1, 0.15) is 13.8 Å². The maximum Gasteiger partial charge on any atom is 0.0525 e. The van der Waals surface area contributed by atoms with Crippen molar-refractivity contribution in [3.63, 3.8) is 0 Å². The molecule has 0 aromatic carbocycles. The van der Waals surface area contributed by atoms with Crippen molar-refractivity contribution in [1.82, 2.24) is 4.90 Å². The van der Waals surface area contributed by atoms with Gasteiger partial charge in [-0.1, -0.05) is 13.8 Å². The Morgan fingerprint density at radius 2 is 1.80 bits per heavy atom. The van der Waals surface area contributed by atoms with Crippen LogP contribution in [-0.2, 0) is 4.74 Å². The first-order valence-electron chi connectivity index (χ1n) is 3.61. The lowest BCUT2D eigenvalue weighted by atomic mass is 9.94. The van der Waals surface area contributed by atoms with Crippen LogP contribution in [0.5, 0.6) is 0 Å². The number of methoxy groups -OCH3 is 1. The summed E-state index contributed by atoms with van der Waals surface area (Å²) in [5.41, 5.74) is 0.276. The molecule has 0 rings (SSSR count). The van der Waals surface area contributed by atoms with Crippen molar-refractivity contribution in [2.45, 2.75) is 13.8 Å². The van der Waals surface area contributed by atoms with Crippen molar-refractivity contribution in [2.75, 3.05) is 34.4 Å². The molecule has 0 radical (unpaired) electrons. The van der Waals surface area contributed by atoms with Gasteiger partial charge in [0.25, 0.3) is 0 Å². The van der Waals surface area contributed by atoms with Gasteiger partial charge in [0.15, 0.2) is 0 Å². The van der Waals surface area contributed by atoms with Crippen LogP contribution < -0.4 is 0 Å². The lowest BCUT2D eigenvalue weighted by Gasteiger charge is -2.26. The molecule has 62 valence electrons. The van der Waals surface area contributed by atoms with Crippen molar-refractivity contribution >= 4 is 0 Å². The minimum absolute atomic E-state index is 0.276. The molecule has 0 aromatic heterocycles. The normalized spacial score (nSPS) is 12.6. The highest BCUT2D eigenvalue weighted by atomic mass is 16.5. The molecule has 0 aliphatic rings. The largest absolute Gasteiger partial charge is 0.384 e. The van der Waals surface area contributed by atoms with Gasteiger partial charge in [0, 0.05) is 19.1 Å². The standard InChI is InChI=1S/C8H19NO/c1-8(2,7-10-5)6-9(3)4/h6-7H2,1-5H3. The number of ether oxygens (including phenoxy) is 1. The van der Waals surface area contributed by atoms with Crippen LogP contribution >= 0.6 is 0 Å². The molecule has 0 saturated carbocycles. The maximum atomic E-state index is 5.08. The molecule has 0 spiro atoms. The Labute approximate surface area is 64.2 Å². The average molecular weight is 145 g/mol. The Bertz CT molecular complexity index is 89.3. The van der Waals surface area contributed by atoms with Crippen molar-refractivity contribution in [2.24, 2.45) is 5.41 Å². The van der Waals surface area contributed by atoms with Crippen LogP contribution in [0.15, 0.2) is 0 Å². The predicted molar refractivity (Wildman–Crippen MR) is 44.2 cm³/mol.